The van der Waals surface area contributed by atoms with Crippen molar-refractivity contribution in [1.29, 1.82) is 0 Å². The average molecular weight is 303 g/mol. The first-order chi connectivity index (χ1) is 7.47. The molecule has 0 atom stereocenters. The molecule has 1 N–H and O–H groups in total. The standard InChI is InChI=1S/C12H19BrN2S/c1-12(2,3)15-7-4-8-16-11-6-5-10(13)9-14-11/h5-6,9,15H,4,7-8H2,1-3H3. The molecule has 0 aliphatic heterocycles. The summed E-state index contributed by atoms with van der Waals surface area (Å²) in [5.41, 5.74) is 0.223. The lowest BCUT2D eigenvalue weighted by Gasteiger charge is -2.20. The monoisotopic (exact) mass is 302 g/mol. The molecule has 0 radical (unpaired) electrons. The maximum Gasteiger partial charge on any atom is 0.0960 e. The smallest absolute Gasteiger partial charge is 0.0960 e. The lowest BCUT2D eigenvalue weighted by Crippen LogP contribution is -2.36. The lowest BCUT2D eigenvalue weighted by molar-refractivity contribution is 0.427. The molecule has 0 amide bonds. The SMILES string of the molecule is CC(C)(C)NCCCSc1ccc(Br)cn1. The number of aromatic nitrogens is 1. The number of nitrogens with zero attached hydrogens (tertiary/aromatic N) is 1. The molecule has 0 aliphatic rings. The highest BCUT2D eigenvalue weighted by Crippen LogP contribution is 2.17. The van der Waals surface area contributed by atoms with Gasteiger partial charge in [0.1, 0.15) is 0 Å². The van der Waals surface area contributed by atoms with E-state index in [-0.39, 0.29) is 5.54 Å². The predicted molar refractivity (Wildman–Crippen MR) is 75.0 cm³/mol. The number of nitrogens with one attached hydrogen (secondary N) is 1. The normalized spacial score (nSPS) is 11.8. The van der Waals surface area contributed by atoms with E-state index in [0.717, 1.165) is 21.8 Å². The minimum absolute atomic E-state index is 0.223. The van der Waals surface area contributed by atoms with Gasteiger partial charge in [0.25, 0.3) is 0 Å². The molecule has 0 unspecified atom stereocenters. The molecule has 2 nitrogen and oxygen atoms in total. The minimum atomic E-state index is 0.223. The Bertz CT molecular complexity index is 306. The lowest BCUT2D eigenvalue weighted by atomic mass is 10.1. The Kier molecular flexibility index (Phi) is 5.79. The summed E-state index contributed by atoms with van der Waals surface area (Å²) < 4.78 is 1.03. The Hall–Kier alpha value is -0.0600. The number of hydrogen-bond acceptors (Lipinski definition) is 3. The van der Waals surface area contributed by atoms with Crippen molar-refractivity contribution >= 4 is 27.7 Å². The third-order valence-electron chi connectivity index (χ3n) is 1.93. The van der Waals surface area contributed by atoms with Crippen LogP contribution in [0.4, 0.5) is 0 Å². The van der Waals surface area contributed by atoms with E-state index < -0.39 is 0 Å². The van der Waals surface area contributed by atoms with Crippen molar-refractivity contribution in [3.05, 3.63) is 22.8 Å². The van der Waals surface area contributed by atoms with Crippen LogP contribution in [0, 0.1) is 0 Å². The van der Waals surface area contributed by atoms with E-state index in [1.807, 2.05) is 30.1 Å². The second-order valence-corrected chi connectivity index (χ2v) is 6.72. The van der Waals surface area contributed by atoms with Crippen LogP contribution >= 0.6 is 27.7 Å². The van der Waals surface area contributed by atoms with Crippen molar-refractivity contribution in [2.45, 2.75) is 37.8 Å². The van der Waals surface area contributed by atoms with E-state index in [1.165, 1.54) is 6.42 Å². The topological polar surface area (TPSA) is 24.9 Å². The largest absolute Gasteiger partial charge is 0.312 e. The first kappa shape index (κ1) is 14.0. The molecule has 1 heterocycles. The molecule has 0 bridgehead atoms. The molecule has 1 aromatic rings. The van der Waals surface area contributed by atoms with E-state index in [4.69, 9.17) is 0 Å². The third kappa shape index (κ3) is 6.51. The summed E-state index contributed by atoms with van der Waals surface area (Å²) in [5.74, 6) is 1.11. The summed E-state index contributed by atoms with van der Waals surface area (Å²) >= 11 is 5.19. The number of thioether (sulfide) groups is 1. The van der Waals surface area contributed by atoms with Crippen molar-refractivity contribution < 1.29 is 0 Å². The fraction of sp³-hybridized carbons (Fsp3) is 0.583. The van der Waals surface area contributed by atoms with Gasteiger partial charge < -0.3 is 5.32 Å². The quantitative estimate of drug-likeness (QED) is 0.663. The molecule has 0 aliphatic carbocycles. The zero-order valence-corrected chi connectivity index (χ0v) is 12.5. The molecule has 1 rings (SSSR count). The maximum atomic E-state index is 4.32. The molecular weight excluding hydrogens is 284 g/mol. The number of rotatable bonds is 5. The van der Waals surface area contributed by atoms with Gasteiger partial charge in [-0.15, -0.1) is 11.8 Å². The number of pyridine rings is 1. The molecule has 16 heavy (non-hydrogen) atoms. The first-order valence-electron chi connectivity index (χ1n) is 5.47. The second-order valence-electron chi connectivity index (χ2n) is 4.69. The van der Waals surface area contributed by atoms with Gasteiger partial charge in [-0.3, -0.25) is 0 Å². The summed E-state index contributed by atoms with van der Waals surface area (Å²) in [6.45, 7) is 7.64. The third-order valence-corrected chi connectivity index (χ3v) is 3.43. The van der Waals surface area contributed by atoms with Crippen molar-refractivity contribution in [3.63, 3.8) is 0 Å². The summed E-state index contributed by atoms with van der Waals surface area (Å²) in [4.78, 5) is 4.32. The second kappa shape index (κ2) is 6.62. The molecule has 1 aromatic heterocycles. The van der Waals surface area contributed by atoms with Gasteiger partial charge in [-0.25, -0.2) is 4.98 Å². The number of hydrogen-bond donors (Lipinski definition) is 1. The summed E-state index contributed by atoms with van der Waals surface area (Å²) in [5, 5.41) is 4.57. The zero-order valence-electron chi connectivity index (χ0n) is 10.1. The van der Waals surface area contributed by atoms with Crippen molar-refractivity contribution in [1.82, 2.24) is 10.3 Å². The van der Waals surface area contributed by atoms with Crippen LogP contribution in [-0.2, 0) is 0 Å². The Morgan fingerprint density at radius 1 is 1.38 bits per heavy atom. The average Bonchev–Trinajstić information content (AvgIpc) is 2.19. The predicted octanol–water partition coefficient (Wildman–Crippen LogP) is 3.71. The van der Waals surface area contributed by atoms with Gasteiger partial charge in [0.05, 0.1) is 5.03 Å². The summed E-state index contributed by atoms with van der Waals surface area (Å²) in [6, 6.07) is 4.08. The van der Waals surface area contributed by atoms with Crippen molar-refractivity contribution in [3.8, 4) is 0 Å². The Balaban J connectivity index is 2.14. The molecular formula is C12H19BrN2S. The van der Waals surface area contributed by atoms with Gasteiger partial charge in [0.2, 0.25) is 0 Å². The molecule has 4 heteroatoms. The highest BCUT2D eigenvalue weighted by Gasteiger charge is 2.07. The molecule has 90 valence electrons. The fourth-order valence-corrected chi connectivity index (χ4v) is 2.18. The van der Waals surface area contributed by atoms with E-state index in [0.29, 0.717) is 0 Å². The highest BCUT2D eigenvalue weighted by atomic mass is 79.9. The van der Waals surface area contributed by atoms with Gasteiger partial charge in [-0.05, 0) is 61.8 Å². The van der Waals surface area contributed by atoms with E-state index in [1.54, 1.807) is 0 Å². The van der Waals surface area contributed by atoms with Crippen LogP contribution in [0.5, 0.6) is 0 Å². The highest BCUT2D eigenvalue weighted by molar-refractivity contribution is 9.10. The van der Waals surface area contributed by atoms with E-state index in [9.17, 15) is 0 Å². The van der Waals surface area contributed by atoms with E-state index in [2.05, 4.69) is 47.0 Å². The summed E-state index contributed by atoms with van der Waals surface area (Å²) in [6.07, 6.45) is 3.01. The molecule has 0 saturated heterocycles. The zero-order chi connectivity index (χ0) is 12.0. The van der Waals surface area contributed by atoms with Gasteiger partial charge in [-0.1, -0.05) is 0 Å². The Labute approximate surface area is 111 Å². The minimum Gasteiger partial charge on any atom is -0.312 e. The van der Waals surface area contributed by atoms with Crippen LogP contribution in [0.25, 0.3) is 0 Å². The van der Waals surface area contributed by atoms with Crippen molar-refractivity contribution in [2.24, 2.45) is 0 Å². The number of halogens is 1. The first-order valence-corrected chi connectivity index (χ1v) is 7.25. The maximum absolute atomic E-state index is 4.32. The van der Waals surface area contributed by atoms with Crippen LogP contribution in [-0.4, -0.2) is 22.8 Å². The molecule has 0 aromatic carbocycles. The molecule has 0 saturated carbocycles. The van der Waals surface area contributed by atoms with Crippen LogP contribution in [0.1, 0.15) is 27.2 Å². The van der Waals surface area contributed by atoms with Crippen molar-refractivity contribution in [2.75, 3.05) is 12.3 Å². The van der Waals surface area contributed by atoms with Crippen LogP contribution in [0.2, 0.25) is 0 Å². The van der Waals surface area contributed by atoms with Crippen LogP contribution in [0.3, 0.4) is 0 Å². The molecule has 0 fully saturated rings. The Morgan fingerprint density at radius 3 is 2.69 bits per heavy atom. The van der Waals surface area contributed by atoms with Crippen LogP contribution < -0.4 is 5.32 Å². The van der Waals surface area contributed by atoms with Gasteiger partial charge >= 0.3 is 0 Å². The van der Waals surface area contributed by atoms with Gasteiger partial charge in [0.15, 0.2) is 0 Å². The summed E-state index contributed by atoms with van der Waals surface area (Å²) in [7, 11) is 0. The Morgan fingerprint density at radius 2 is 2.12 bits per heavy atom. The fourth-order valence-electron chi connectivity index (χ4n) is 1.16. The van der Waals surface area contributed by atoms with Gasteiger partial charge in [-0.2, -0.15) is 0 Å². The van der Waals surface area contributed by atoms with E-state index >= 15 is 0 Å². The van der Waals surface area contributed by atoms with Gasteiger partial charge in [0, 0.05) is 22.0 Å². The van der Waals surface area contributed by atoms with Crippen LogP contribution in [0.15, 0.2) is 27.8 Å². The molecule has 0 spiro atoms.